The van der Waals surface area contributed by atoms with E-state index in [9.17, 15) is 0 Å². The first kappa shape index (κ1) is 5.98. The van der Waals surface area contributed by atoms with Crippen molar-refractivity contribution in [2.45, 2.75) is 12.3 Å². The van der Waals surface area contributed by atoms with Crippen molar-refractivity contribution >= 4 is 0 Å². The molecule has 2 heterocycles. The Hall–Kier alpha value is -0.760. The molecule has 1 aliphatic heterocycles. The van der Waals surface area contributed by atoms with Crippen molar-refractivity contribution in [2.24, 2.45) is 0 Å². The Morgan fingerprint density at radius 2 is 2.60 bits per heavy atom. The van der Waals surface area contributed by atoms with Crippen molar-refractivity contribution in [1.82, 2.24) is 5.32 Å². The molecular formula is C8H11NO. The molecule has 0 aromatic carbocycles. The summed E-state index contributed by atoms with van der Waals surface area (Å²) in [6, 6.07) is 2.05. The third kappa shape index (κ3) is 0.948. The van der Waals surface area contributed by atoms with Crippen molar-refractivity contribution in [3.8, 4) is 0 Å². The quantitative estimate of drug-likeness (QED) is 0.632. The van der Waals surface area contributed by atoms with Gasteiger partial charge in [0.25, 0.3) is 0 Å². The predicted octanol–water partition coefficient (Wildman–Crippen LogP) is 1.36. The van der Waals surface area contributed by atoms with E-state index in [4.69, 9.17) is 4.42 Å². The van der Waals surface area contributed by atoms with Crippen LogP contribution < -0.4 is 5.32 Å². The second-order valence-electron chi connectivity index (χ2n) is 2.75. The number of nitrogens with one attached hydrogen (secondary N) is 1. The molecule has 1 atom stereocenters. The fourth-order valence-electron chi connectivity index (χ4n) is 1.45. The Bertz CT molecular complexity index is 187. The van der Waals surface area contributed by atoms with Gasteiger partial charge < -0.3 is 9.73 Å². The summed E-state index contributed by atoms with van der Waals surface area (Å²) < 4.78 is 5.00. The van der Waals surface area contributed by atoms with E-state index in [1.807, 2.05) is 6.26 Å². The standard InChI is InChI=1S/C8H11NO/c1-3-9-5-7(1)8-2-4-10-6-8/h2,4,6-7,9H,1,3,5H2/t7-/m1/s1. The van der Waals surface area contributed by atoms with Crippen molar-refractivity contribution in [2.75, 3.05) is 13.1 Å². The van der Waals surface area contributed by atoms with Crippen LogP contribution in [0.4, 0.5) is 0 Å². The lowest BCUT2D eigenvalue weighted by Crippen LogP contribution is -2.07. The van der Waals surface area contributed by atoms with Crippen LogP contribution in [0.15, 0.2) is 23.0 Å². The maximum atomic E-state index is 5.00. The molecule has 0 unspecified atom stereocenters. The molecule has 0 radical (unpaired) electrons. The maximum absolute atomic E-state index is 5.00. The number of hydrogen-bond donors (Lipinski definition) is 1. The van der Waals surface area contributed by atoms with Gasteiger partial charge in [0, 0.05) is 12.5 Å². The summed E-state index contributed by atoms with van der Waals surface area (Å²) in [5, 5.41) is 3.32. The zero-order chi connectivity index (χ0) is 6.81. The summed E-state index contributed by atoms with van der Waals surface area (Å²) in [5.74, 6) is 0.693. The van der Waals surface area contributed by atoms with Crippen LogP contribution in [0.5, 0.6) is 0 Å². The van der Waals surface area contributed by atoms with Gasteiger partial charge in [-0.05, 0) is 24.6 Å². The summed E-state index contributed by atoms with van der Waals surface area (Å²) in [4.78, 5) is 0. The second kappa shape index (κ2) is 2.46. The van der Waals surface area contributed by atoms with Gasteiger partial charge in [0.05, 0.1) is 12.5 Å². The van der Waals surface area contributed by atoms with Gasteiger partial charge in [-0.15, -0.1) is 0 Å². The summed E-state index contributed by atoms with van der Waals surface area (Å²) >= 11 is 0. The van der Waals surface area contributed by atoms with Crippen molar-refractivity contribution in [1.29, 1.82) is 0 Å². The number of hydrogen-bond acceptors (Lipinski definition) is 2. The van der Waals surface area contributed by atoms with Gasteiger partial charge >= 0.3 is 0 Å². The molecule has 1 aromatic heterocycles. The number of rotatable bonds is 1. The topological polar surface area (TPSA) is 25.2 Å². The molecule has 10 heavy (non-hydrogen) atoms. The molecule has 2 rings (SSSR count). The smallest absolute Gasteiger partial charge is 0.0937 e. The molecule has 1 aromatic rings. The first-order valence-corrected chi connectivity index (χ1v) is 3.69. The highest BCUT2D eigenvalue weighted by Crippen LogP contribution is 2.21. The Morgan fingerprint density at radius 1 is 1.60 bits per heavy atom. The predicted molar refractivity (Wildman–Crippen MR) is 38.9 cm³/mol. The molecule has 0 bridgehead atoms. The molecular weight excluding hydrogens is 126 g/mol. The van der Waals surface area contributed by atoms with Crippen LogP contribution in [0.3, 0.4) is 0 Å². The molecule has 1 fully saturated rings. The molecule has 1 N–H and O–H groups in total. The zero-order valence-electron chi connectivity index (χ0n) is 5.84. The molecule has 54 valence electrons. The first-order chi connectivity index (χ1) is 4.97. The second-order valence-corrected chi connectivity index (χ2v) is 2.75. The number of furan rings is 1. The zero-order valence-corrected chi connectivity index (χ0v) is 5.84. The summed E-state index contributed by atoms with van der Waals surface area (Å²) in [6.07, 6.45) is 4.84. The molecule has 0 amide bonds. The highest BCUT2D eigenvalue weighted by molar-refractivity contribution is 5.14. The minimum Gasteiger partial charge on any atom is -0.472 e. The van der Waals surface area contributed by atoms with E-state index in [0.717, 1.165) is 13.1 Å². The van der Waals surface area contributed by atoms with Crippen LogP contribution in [0.25, 0.3) is 0 Å². The summed E-state index contributed by atoms with van der Waals surface area (Å²) in [5.41, 5.74) is 1.34. The molecule has 0 aliphatic carbocycles. The largest absolute Gasteiger partial charge is 0.472 e. The van der Waals surface area contributed by atoms with E-state index in [1.54, 1.807) is 6.26 Å². The van der Waals surface area contributed by atoms with Crippen LogP contribution in [0, 0.1) is 0 Å². The SMILES string of the molecule is c1cc([C@@H]2CCNC2)co1. The first-order valence-electron chi connectivity index (χ1n) is 3.69. The van der Waals surface area contributed by atoms with E-state index in [0.29, 0.717) is 5.92 Å². The van der Waals surface area contributed by atoms with E-state index < -0.39 is 0 Å². The molecule has 2 heteroatoms. The molecule has 0 spiro atoms. The maximum Gasteiger partial charge on any atom is 0.0937 e. The fourth-order valence-corrected chi connectivity index (χ4v) is 1.45. The van der Waals surface area contributed by atoms with E-state index >= 15 is 0 Å². The van der Waals surface area contributed by atoms with Gasteiger partial charge in [-0.1, -0.05) is 0 Å². The third-order valence-corrected chi connectivity index (χ3v) is 2.07. The lowest BCUT2D eigenvalue weighted by Gasteiger charge is -2.01. The fraction of sp³-hybridized carbons (Fsp3) is 0.500. The highest BCUT2D eigenvalue weighted by atomic mass is 16.3. The highest BCUT2D eigenvalue weighted by Gasteiger charge is 2.16. The average molecular weight is 137 g/mol. The van der Waals surface area contributed by atoms with Crippen molar-refractivity contribution < 1.29 is 4.42 Å². The van der Waals surface area contributed by atoms with Gasteiger partial charge in [0.2, 0.25) is 0 Å². The summed E-state index contributed by atoms with van der Waals surface area (Å²) in [6.45, 7) is 2.26. The lowest BCUT2D eigenvalue weighted by atomic mass is 10.0. The van der Waals surface area contributed by atoms with Crippen molar-refractivity contribution in [3.63, 3.8) is 0 Å². The van der Waals surface area contributed by atoms with E-state index in [2.05, 4.69) is 11.4 Å². The lowest BCUT2D eigenvalue weighted by molar-refractivity contribution is 0.560. The molecule has 1 aliphatic rings. The molecule has 1 saturated heterocycles. The third-order valence-electron chi connectivity index (χ3n) is 2.07. The van der Waals surface area contributed by atoms with Gasteiger partial charge in [-0.2, -0.15) is 0 Å². The van der Waals surface area contributed by atoms with Gasteiger partial charge in [-0.25, -0.2) is 0 Å². The molecule has 0 saturated carbocycles. The Morgan fingerprint density at radius 3 is 3.20 bits per heavy atom. The van der Waals surface area contributed by atoms with Crippen molar-refractivity contribution in [3.05, 3.63) is 24.2 Å². The van der Waals surface area contributed by atoms with Crippen LogP contribution in [-0.4, -0.2) is 13.1 Å². The van der Waals surface area contributed by atoms with Crippen LogP contribution in [0.1, 0.15) is 17.9 Å². The van der Waals surface area contributed by atoms with Crippen LogP contribution >= 0.6 is 0 Å². The summed E-state index contributed by atoms with van der Waals surface area (Å²) in [7, 11) is 0. The van der Waals surface area contributed by atoms with Crippen LogP contribution in [0.2, 0.25) is 0 Å². The van der Waals surface area contributed by atoms with Gasteiger partial charge in [0.1, 0.15) is 0 Å². The normalized spacial score (nSPS) is 25.4. The molecule has 2 nitrogen and oxygen atoms in total. The minimum absolute atomic E-state index is 0.693. The van der Waals surface area contributed by atoms with Gasteiger partial charge in [0.15, 0.2) is 0 Å². The Kier molecular flexibility index (Phi) is 1.47. The van der Waals surface area contributed by atoms with E-state index in [1.165, 1.54) is 12.0 Å². The van der Waals surface area contributed by atoms with Gasteiger partial charge in [-0.3, -0.25) is 0 Å². The minimum atomic E-state index is 0.693. The van der Waals surface area contributed by atoms with E-state index in [-0.39, 0.29) is 0 Å². The average Bonchev–Trinajstić information content (AvgIpc) is 2.59. The van der Waals surface area contributed by atoms with Crippen LogP contribution in [-0.2, 0) is 0 Å². The Balaban J connectivity index is 2.12. The Labute approximate surface area is 60.2 Å². The monoisotopic (exact) mass is 137 g/mol.